The number of oxazole rings is 2. The molecule has 0 atom stereocenters. The van der Waals surface area contributed by atoms with E-state index < -0.39 is 0 Å². The Balaban J connectivity index is 0.000000140. The average molecular weight is 965 g/mol. The number of hydrogen-bond acceptors (Lipinski definition) is 12. The van der Waals surface area contributed by atoms with E-state index in [9.17, 15) is 0 Å². The van der Waals surface area contributed by atoms with Crippen molar-refractivity contribution in [3.63, 3.8) is 0 Å². The average Bonchev–Trinajstić information content (AvgIpc) is 4.32. The molecule has 0 bridgehead atoms. The van der Waals surface area contributed by atoms with E-state index in [1.807, 2.05) is 60.1 Å². The lowest BCUT2D eigenvalue weighted by molar-refractivity contribution is 0.558. The van der Waals surface area contributed by atoms with Gasteiger partial charge in [-0.1, -0.05) is 97.1 Å². The highest BCUT2D eigenvalue weighted by Gasteiger charge is 2.21. The number of pyridine rings is 4. The van der Waals surface area contributed by atoms with Gasteiger partial charge in [0.05, 0.1) is 45.2 Å². The summed E-state index contributed by atoms with van der Waals surface area (Å²) in [4.78, 5) is 36.8. The zero-order valence-electron chi connectivity index (χ0n) is 38.0. The van der Waals surface area contributed by atoms with Gasteiger partial charge in [-0.2, -0.15) is 0 Å². The van der Waals surface area contributed by atoms with Crippen molar-refractivity contribution in [3.05, 3.63) is 217 Å². The summed E-state index contributed by atoms with van der Waals surface area (Å²) in [6.07, 6.45) is 13.6. The molecule has 0 aliphatic carbocycles. The van der Waals surface area contributed by atoms with E-state index in [2.05, 4.69) is 152 Å². The third-order valence-corrected chi connectivity index (χ3v) is 14.0. The highest BCUT2D eigenvalue weighted by Crippen LogP contribution is 2.45. The number of aromatic nitrogens is 8. The molecule has 0 saturated carbocycles. The van der Waals surface area contributed by atoms with Crippen LogP contribution >= 0.6 is 22.7 Å². The maximum absolute atomic E-state index is 5.21. The number of thiazole rings is 2. The second kappa shape index (κ2) is 18.5. The fourth-order valence-electron chi connectivity index (χ4n) is 9.69. The molecule has 0 amide bonds. The molecule has 14 aromatic rings. The highest BCUT2D eigenvalue weighted by atomic mass is 32.1. The van der Waals surface area contributed by atoms with Crippen LogP contribution in [0.4, 0.5) is 0 Å². The lowest BCUT2D eigenvalue weighted by Gasteiger charge is -2.17. The van der Waals surface area contributed by atoms with Gasteiger partial charge in [0, 0.05) is 80.1 Å². The summed E-state index contributed by atoms with van der Waals surface area (Å²) in [6, 6.07) is 50.3. The standard InChI is InChI=1S/C30H18N4O2.C30H18N4S2/c2*1-2-6-22-21(5-1)29(25-13-19(9-11-31-25)27-15-35-17-33-27)23-7-3-4-8-24(23)30(22)26-14-20(10-12-32-26)28-16-36-18-34-28/h2*1-18H. The fraction of sp³-hybridized carbons (Fsp3) is 0. The van der Waals surface area contributed by atoms with Crippen LogP contribution in [0.25, 0.3) is 133 Å². The number of nitrogens with zero attached hydrogens (tertiary/aromatic N) is 8. The van der Waals surface area contributed by atoms with Gasteiger partial charge in [-0.25, -0.2) is 19.9 Å². The molecule has 0 aliphatic heterocycles. The maximum atomic E-state index is 5.21. The summed E-state index contributed by atoms with van der Waals surface area (Å²) in [6.45, 7) is 0. The van der Waals surface area contributed by atoms with Crippen LogP contribution < -0.4 is 0 Å². The third kappa shape index (κ3) is 7.77. The monoisotopic (exact) mass is 964 g/mol. The topological polar surface area (TPSA) is 129 Å². The molecule has 0 saturated heterocycles. The van der Waals surface area contributed by atoms with Crippen molar-refractivity contribution in [1.29, 1.82) is 0 Å². The van der Waals surface area contributed by atoms with Gasteiger partial charge in [-0.3, -0.25) is 19.9 Å². The summed E-state index contributed by atoms with van der Waals surface area (Å²) in [5.74, 6) is 0. The van der Waals surface area contributed by atoms with Crippen LogP contribution in [0.5, 0.6) is 0 Å². The Hall–Kier alpha value is -9.36. The lowest BCUT2D eigenvalue weighted by atomic mass is 9.88. The zero-order valence-corrected chi connectivity index (χ0v) is 39.6. The molecule has 12 heteroatoms. The fourth-order valence-corrected chi connectivity index (χ4v) is 10.8. The van der Waals surface area contributed by atoms with Crippen LogP contribution in [0.15, 0.2) is 226 Å². The minimum Gasteiger partial charge on any atom is -0.451 e. The van der Waals surface area contributed by atoms with Crippen molar-refractivity contribution in [2.75, 3.05) is 0 Å². The normalized spacial score (nSPS) is 11.3. The van der Waals surface area contributed by atoms with E-state index in [0.29, 0.717) is 0 Å². The molecule has 72 heavy (non-hydrogen) atoms. The smallest absolute Gasteiger partial charge is 0.181 e. The molecule has 10 nitrogen and oxygen atoms in total. The molecule has 8 heterocycles. The molecule has 14 rings (SSSR count). The molecule has 0 N–H and O–H groups in total. The van der Waals surface area contributed by atoms with E-state index in [0.717, 1.165) is 133 Å². The van der Waals surface area contributed by atoms with Crippen molar-refractivity contribution in [1.82, 2.24) is 39.9 Å². The Labute approximate surface area is 419 Å². The van der Waals surface area contributed by atoms with Crippen LogP contribution in [0.2, 0.25) is 0 Å². The van der Waals surface area contributed by atoms with Gasteiger partial charge in [0.25, 0.3) is 0 Å². The minimum absolute atomic E-state index is 0.776. The first-order valence-corrected chi connectivity index (χ1v) is 24.9. The van der Waals surface area contributed by atoms with Gasteiger partial charge < -0.3 is 8.83 Å². The molecule has 8 aromatic heterocycles. The largest absolute Gasteiger partial charge is 0.451 e. The molecule has 0 radical (unpaired) electrons. The van der Waals surface area contributed by atoms with Crippen molar-refractivity contribution in [2.45, 2.75) is 0 Å². The predicted octanol–water partition coefficient (Wildman–Crippen LogP) is 15.8. The van der Waals surface area contributed by atoms with Gasteiger partial charge >= 0.3 is 0 Å². The Kier molecular flexibility index (Phi) is 11.0. The van der Waals surface area contributed by atoms with Gasteiger partial charge in [0.15, 0.2) is 12.8 Å². The van der Waals surface area contributed by atoms with E-state index in [-0.39, 0.29) is 0 Å². The molecule has 0 unspecified atom stereocenters. The lowest BCUT2D eigenvalue weighted by Crippen LogP contribution is -1.94. The van der Waals surface area contributed by atoms with Crippen LogP contribution in [-0.2, 0) is 0 Å². The van der Waals surface area contributed by atoms with Gasteiger partial charge in [-0.05, 0) is 91.6 Å². The number of rotatable bonds is 8. The van der Waals surface area contributed by atoms with Crippen molar-refractivity contribution in [2.24, 2.45) is 0 Å². The van der Waals surface area contributed by atoms with Crippen LogP contribution in [0.1, 0.15) is 0 Å². The first-order valence-electron chi connectivity index (χ1n) is 23.0. The molecular formula is C60H36N8O2S2. The summed E-state index contributed by atoms with van der Waals surface area (Å²) in [7, 11) is 0. The first-order chi connectivity index (χ1) is 35.7. The molecule has 0 aliphatic rings. The maximum Gasteiger partial charge on any atom is 0.181 e. The van der Waals surface area contributed by atoms with Gasteiger partial charge in [0.2, 0.25) is 0 Å². The van der Waals surface area contributed by atoms with E-state index in [4.69, 9.17) is 28.8 Å². The zero-order chi connectivity index (χ0) is 47.8. The summed E-state index contributed by atoms with van der Waals surface area (Å²) < 4.78 is 10.4. The van der Waals surface area contributed by atoms with Crippen LogP contribution in [0.3, 0.4) is 0 Å². The van der Waals surface area contributed by atoms with Crippen molar-refractivity contribution < 1.29 is 8.83 Å². The van der Waals surface area contributed by atoms with E-state index in [1.54, 1.807) is 35.2 Å². The summed E-state index contributed by atoms with van der Waals surface area (Å²) in [5.41, 5.74) is 19.3. The number of fused-ring (bicyclic) bond motifs is 4. The highest BCUT2D eigenvalue weighted by molar-refractivity contribution is 7.08. The van der Waals surface area contributed by atoms with Gasteiger partial charge in [0.1, 0.15) is 23.9 Å². The summed E-state index contributed by atoms with van der Waals surface area (Å²) in [5, 5.41) is 13.1. The van der Waals surface area contributed by atoms with Crippen molar-refractivity contribution in [3.8, 4) is 90.1 Å². The Morgan fingerprint density at radius 1 is 0.278 bits per heavy atom. The molecule has 340 valence electrons. The Bertz CT molecular complexity index is 3580. The Morgan fingerprint density at radius 2 is 0.556 bits per heavy atom. The van der Waals surface area contributed by atoms with Gasteiger partial charge in [-0.15, -0.1) is 22.7 Å². The van der Waals surface area contributed by atoms with Crippen LogP contribution in [0, 0.1) is 0 Å². The SMILES string of the molecule is c1ccc2c(-c3cc(-c4cocn4)ccn3)c3ccccc3c(-c3cc(-c4cocn4)ccn3)c2c1.c1ccc2c(-c3cc(-c4cscn4)ccn3)c3ccccc3c(-c3cc(-c4cscn4)ccn3)c2c1. The Morgan fingerprint density at radius 3 is 0.792 bits per heavy atom. The molecule has 0 spiro atoms. The molecule has 0 fully saturated rings. The molecule has 6 aromatic carbocycles. The third-order valence-electron chi connectivity index (χ3n) is 12.8. The second-order valence-corrected chi connectivity index (χ2v) is 18.3. The van der Waals surface area contributed by atoms with Crippen molar-refractivity contribution >= 4 is 65.8 Å². The summed E-state index contributed by atoms with van der Waals surface area (Å²) >= 11 is 3.20. The van der Waals surface area contributed by atoms with E-state index in [1.165, 1.54) is 12.8 Å². The number of benzene rings is 6. The second-order valence-electron chi connectivity index (χ2n) is 16.9. The molecular weight excluding hydrogens is 929 g/mol. The predicted molar refractivity (Wildman–Crippen MR) is 289 cm³/mol. The minimum atomic E-state index is 0.776. The quantitative estimate of drug-likeness (QED) is 0.136. The van der Waals surface area contributed by atoms with Crippen LogP contribution in [-0.4, -0.2) is 39.9 Å². The van der Waals surface area contributed by atoms with E-state index >= 15 is 0 Å². The number of hydrogen-bond donors (Lipinski definition) is 0. The first kappa shape index (κ1) is 42.7.